The van der Waals surface area contributed by atoms with Crippen LogP contribution in [0.5, 0.6) is 0 Å². The number of carbonyl (C=O) groups excluding carboxylic acids is 1. The summed E-state index contributed by atoms with van der Waals surface area (Å²) in [5.41, 5.74) is 3.06. The lowest BCUT2D eigenvalue weighted by Gasteiger charge is -2.25. The predicted octanol–water partition coefficient (Wildman–Crippen LogP) is 6.52. The molecule has 0 spiro atoms. The van der Waals surface area contributed by atoms with E-state index in [4.69, 9.17) is 23.2 Å². The summed E-state index contributed by atoms with van der Waals surface area (Å²) in [6, 6.07) is 14.0. The molecule has 0 aliphatic heterocycles. The van der Waals surface area contributed by atoms with Crippen molar-refractivity contribution in [3.8, 4) is 0 Å². The summed E-state index contributed by atoms with van der Waals surface area (Å²) >= 11 is 12.0. The summed E-state index contributed by atoms with van der Waals surface area (Å²) in [5.74, 6) is 0.246. The zero-order valence-corrected chi connectivity index (χ0v) is 19.0. The normalized spacial score (nSPS) is 15.6. The summed E-state index contributed by atoms with van der Waals surface area (Å²) in [5, 5.41) is 10.5. The van der Waals surface area contributed by atoms with E-state index in [-0.39, 0.29) is 11.9 Å². The van der Waals surface area contributed by atoms with E-state index in [1.807, 2.05) is 0 Å². The molecule has 3 N–H and O–H groups in total. The lowest BCUT2D eigenvalue weighted by Crippen LogP contribution is -2.35. The Balaban J connectivity index is 1.55. The summed E-state index contributed by atoms with van der Waals surface area (Å²) < 4.78 is 0. The number of aryl methyl sites for hydroxylation is 1. The van der Waals surface area contributed by atoms with E-state index < -0.39 is 0 Å². The molecule has 162 valence electrons. The number of hydrogen-bond donors (Lipinski definition) is 3. The smallest absolute Gasteiger partial charge is 0.319 e. The minimum Gasteiger partial charge on any atom is -0.337 e. The molecule has 1 aliphatic carbocycles. The number of benzene rings is 2. The lowest BCUT2D eigenvalue weighted by molar-refractivity contribution is 0.251. The second-order valence-electron chi connectivity index (χ2n) is 8.18. The third kappa shape index (κ3) is 7.50. The van der Waals surface area contributed by atoms with Crippen molar-refractivity contribution in [2.24, 2.45) is 0 Å². The van der Waals surface area contributed by atoms with Crippen LogP contribution in [-0.4, -0.2) is 25.2 Å². The maximum absolute atomic E-state index is 12.4. The fourth-order valence-corrected chi connectivity index (χ4v) is 4.54. The monoisotopic (exact) mass is 447 g/mol. The Morgan fingerprint density at radius 3 is 2.37 bits per heavy atom. The Hall–Kier alpha value is -1.75. The fourth-order valence-electron chi connectivity index (χ4n) is 4.01. The summed E-state index contributed by atoms with van der Waals surface area (Å²) in [6.07, 6.45) is 7.54. The van der Waals surface area contributed by atoms with Crippen molar-refractivity contribution in [1.29, 1.82) is 0 Å². The fraction of sp³-hybridized carbons (Fsp3) is 0.458. The van der Waals surface area contributed by atoms with Gasteiger partial charge in [-0.1, -0.05) is 72.3 Å². The largest absolute Gasteiger partial charge is 0.337 e. The Labute approximate surface area is 189 Å². The summed E-state index contributed by atoms with van der Waals surface area (Å²) in [7, 11) is 0. The van der Waals surface area contributed by atoms with E-state index in [1.54, 1.807) is 18.2 Å². The van der Waals surface area contributed by atoms with Gasteiger partial charge in [-0.25, -0.2) is 4.79 Å². The van der Waals surface area contributed by atoms with Crippen LogP contribution in [0.2, 0.25) is 10.0 Å². The van der Waals surface area contributed by atoms with Crippen molar-refractivity contribution in [3.63, 3.8) is 0 Å². The van der Waals surface area contributed by atoms with E-state index >= 15 is 0 Å². The first-order chi connectivity index (χ1) is 14.5. The SMILES string of the molecule is Cc1ccc(C(CCNC2CCCCC2)CNC(=O)Nc2cc(Cl)cc(Cl)c2)cc1. The number of amides is 2. The highest BCUT2D eigenvalue weighted by Crippen LogP contribution is 2.23. The summed E-state index contributed by atoms with van der Waals surface area (Å²) in [4.78, 5) is 12.4. The Kier molecular flexibility index (Phi) is 8.86. The highest BCUT2D eigenvalue weighted by atomic mass is 35.5. The maximum atomic E-state index is 12.4. The van der Waals surface area contributed by atoms with Gasteiger partial charge >= 0.3 is 6.03 Å². The van der Waals surface area contributed by atoms with Crippen LogP contribution in [0.25, 0.3) is 0 Å². The number of rotatable bonds is 8. The second-order valence-corrected chi connectivity index (χ2v) is 9.05. The van der Waals surface area contributed by atoms with Gasteiger partial charge in [0.1, 0.15) is 0 Å². The van der Waals surface area contributed by atoms with Crippen molar-refractivity contribution in [2.45, 2.75) is 57.4 Å². The van der Waals surface area contributed by atoms with Crippen LogP contribution >= 0.6 is 23.2 Å². The van der Waals surface area contributed by atoms with Gasteiger partial charge in [0.05, 0.1) is 0 Å². The highest BCUT2D eigenvalue weighted by Gasteiger charge is 2.16. The molecule has 1 fully saturated rings. The van der Waals surface area contributed by atoms with Crippen molar-refractivity contribution >= 4 is 34.9 Å². The molecule has 3 rings (SSSR count). The number of halogens is 2. The molecule has 2 aromatic rings. The van der Waals surface area contributed by atoms with Crippen LogP contribution in [0.1, 0.15) is 55.6 Å². The average molecular weight is 448 g/mol. The number of anilines is 1. The molecular weight excluding hydrogens is 417 g/mol. The topological polar surface area (TPSA) is 53.2 Å². The molecule has 1 unspecified atom stereocenters. The number of nitrogens with one attached hydrogen (secondary N) is 3. The molecule has 0 saturated heterocycles. The maximum Gasteiger partial charge on any atom is 0.319 e. The molecule has 4 nitrogen and oxygen atoms in total. The van der Waals surface area contributed by atoms with Crippen LogP contribution in [-0.2, 0) is 0 Å². The Morgan fingerprint density at radius 2 is 1.70 bits per heavy atom. The molecule has 0 heterocycles. The van der Waals surface area contributed by atoms with Gasteiger partial charge in [-0.05, 0) is 56.5 Å². The van der Waals surface area contributed by atoms with Gasteiger partial charge in [-0.3, -0.25) is 0 Å². The van der Waals surface area contributed by atoms with Crippen LogP contribution in [0.15, 0.2) is 42.5 Å². The van der Waals surface area contributed by atoms with E-state index in [2.05, 4.69) is 47.1 Å². The highest BCUT2D eigenvalue weighted by molar-refractivity contribution is 6.35. The predicted molar refractivity (Wildman–Crippen MR) is 127 cm³/mol. The van der Waals surface area contributed by atoms with Gasteiger partial charge in [0.15, 0.2) is 0 Å². The van der Waals surface area contributed by atoms with Gasteiger partial charge in [0.25, 0.3) is 0 Å². The Bertz CT molecular complexity index is 799. The van der Waals surface area contributed by atoms with Gasteiger partial charge in [-0.2, -0.15) is 0 Å². The van der Waals surface area contributed by atoms with Gasteiger partial charge in [0, 0.05) is 34.2 Å². The van der Waals surface area contributed by atoms with Crippen LogP contribution in [0.4, 0.5) is 10.5 Å². The molecule has 1 aliphatic rings. The molecule has 2 amide bonds. The Morgan fingerprint density at radius 1 is 1.03 bits per heavy atom. The quantitative estimate of drug-likeness (QED) is 0.431. The molecule has 1 atom stereocenters. The third-order valence-electron chi connectivity index (χ3n) is 5.71. The van der Waals surface area contributed by atoms with Gasteiger partial charge < -0.3 is 16.0 Å². The standard InChI is InChI=1S/C24H31Cl2N3O/c1-17-7-9-18(10-8-17)19(11-12-27-22-5-3-2-4-6-22)16-28-24(30)29-23-14-20(25)13-21(26)15-23/h7-10,13-15,19,22,27H,2-6,11-12,16H2,1H3,(H2,28,29,30). The van der Waals surface area contributed by atoms with E-state index in [9.17, 15) is 4.79 Å². The molecule has 6 heteroatoms. The molecule has 1 saturated carbocycles. The number of hydrogen-bond acceptors (Lipinski definition) is 2. The third-order valence-corrected chi connectivity index (χ3v) is 6.15. The molecule has 0 aromatic heterocycles. The lowest BCUT2D eigenvalue weighted by atomic mass is 9.93. The average Bonchev–Trinajstić information content (AvgIpc) is 2.71. The second kappa shape index (κ2) is 11.6. The first-order valence-corrected chi connectivity index (χ1v) is 11.6. The molecular formula is C24H31Cl2N3O. The van der Waals surface area contributed by atoms with Crippen LogP contribution in [0, 0.1) is 6.92 Å². The van der Waals surface area contributed by atoms with Crippen LogP contribution < -0.4 is 16.0 Å². The minimum absolute atomic E-state index is 0.246. The van der Waals surface area contributed by atoms with Crippen molar-refractivity contribution in [3.05, 3.63) is 63.6 Å². The van der Waals surface area contributed by atoms with Crippen molar-refractivity contribution < 1.29 is 4.79 Å². The van der Waals surface area contributed by atoms with Gasteiger partial charge in [-0.15, -0.1) is 0 Å². The minimum atomic E-state index is -0.259. The number of urea groups is 1. The van der Waals surface area contributed by atoms with E-state index in [1.165, 1.54) is 43.2 Å². The van der Waals surface area contributed by atoms with Crippen molar-refractivity contribution in [2.75, 3.05) is 18.4 Å². The zero-order valence-electron chi connectivity index (χ0n) is 17.5. The molecule has 0 bridgehead atoms. The van der Waals surface area contributed by atoms with Crippen LogP contribution in [0.3, 0.4) is 0 Å². The molecule has 2 aromatic carbocycles. The molecule has 30 heavy (non-hydrogen) atoms. The summed E-state index contributed by atoms with van der Waals surface area (Å²) in [6.45, 7) is 3.61. The van der Waals surface area contributed by atoms with E-state index in [0.29, 0.717) is 28.3 Å². The first-order valence-electron chi connectivity index (χ1n) is 10.8. The molecule has 0 radical (unpaired) electrons. The van der Waals surface area contributed by atoms with Crippen molar-refractivity contribution in [1.82, 2.24) is 10.6 Å². The number of carbonyl (C=O) groups is 1. The first kappa shape index (κ1) is 22.9. The van der Waals surface area contributed by atoms with Gasteiger partial charge in [0.2, 0.25) is 0 Å². The van der Waals surface area contributed by atoms with E-state index in [0.717, 1.165) is 13.0 Å². The zero-order chi connectivity index (χ0) is 21.3.